The van der Waals surface area contributed by atoms with Gasteiger partial charge in [-0.25, -0.2) is 0 Å². The van der Waals surface area contributed by atoms with Crippen molar-refractivity contribution < 1.29 is 4.74 Å². The number of aryl methyl sites for hydroxylation is 1. The number of halogens is 1. The maximum absolute atomic E-state index is 5.43. The van der Waals surface area contributed by atoms with Crippen LogP contribution in [-0.4, -0.2) is 65.9 Å². The molecule has 1 N–H and O–H groups in total. The lowest BCUT2D eigenvalue weighted by atomic mass is 10.1. The number of guanidine groups is 1. The summed E-state index contributed by atoms with van der Waals surface area (Å²) in [5.74, 6) is 1.28. The van der Waals surface area contributed by atoms with Crippen LogP contribution < -0.4 is 5.32 Å². The Bertz CT molecular complexity index is 827. The highest BCUT2D eigenvalue weighted by Crippen LogP contribution is 2.18. The summed E-state index contributed by atoms with van der Waals surface area (Å²) in [7, 11) is 5.87. The smallest absolute Gasteiger partial charge is 0.193 e. The van der Waals surface area contributed by atoms with Crippen molar-refractivity contribution >= 4 is 29.9 Å². The molecule has 31 heavy (non-hydrogen) atoms. The number of rotatable bonds is 7. The first kappa shape index (κ1) is 25.6. The van der Waals surface area contributed by atoms with E-state index in [1.165, 1.54) is 16.7 Å². The lowest BCUT2D eigenvalue weighted by molar-refractivity contribution is 0.0342. The van der Waals surface area contributed by atoms with Gasteiger partial charge in [-0.05, 0) is 17.0 Å². The van der Waals surface area contributed by atoms with Crippen LogP contribution in [0, 0.1) is 0 Å². The normalized spacial score (nSPS) is 15.1. The van der Waals surface area contributed by atoms with E-state index < -0.39 is 0 Å². The van der Waals surface area contributed by atoms with Crippen LogP contribution in [0.2, 0.25) is 0 Å². The summed E-state index contributed by atoms with van der Waals surface area (Å²) in [6.45, 7) is 10.6. The molecule has 0 saturated carbocycles. The Morgan fingerprint density at radius 3 is 2.45 bits per heavy atom. The summed E-state index contributed by atoms with van der Waals surface area (Å²) in [5.41, 5.74) is 4.99. The monoisotopic (exact) mass is 540 g/mol. The molecular formula is C23H37IN6O. The van der Waals surface area contributed by atoms with Gasteiger partial charge in [0.05, 0.1) is 18.9 Å². The Morgan fingerprint density at radius 1 is 1.19 bits per heavy atom. The van der Waals surface area contributed by atoms with Gasteiger partial charge in [0.2, 0.25) is 0 Å². The fourth-order valence-corrected chi connectivity index (χ4v) is 3.84. The first-order chi connectivity index (χ1) is 14.5. The number of nitrogens with one attached hydrogen (secondary N) is 1. The molecule has 0 atom stereocenters. The largest absolute Gasteiger partial charge is 0.379 e. The van der Waals surface area contributed by atoms with Gasteiger partial charge in [-0.1, -0.05) is 38.1 Å². The van der Waals surface area contributed by atoms with Crippen molar-refractivity contribution in [2.24, 2.45) is 12.0 Å². The third-order valence-electron chi connectivity index (χ3n) is 5.45. The summed E-state index contributed by atoms with van der Waals surface area (Å²) < 4.78 is 7.32. The highest BCUT2D eigenvalue weighted by molar-refractivity contribution is 14.0. The molecule has 0 unspecified atom stereocenters. The van der Waals surface area contributed by atoms with Crippen LogP contribution in [0.3, 0.4) is 0 Å². The molecule has 1 saturated heterocycles. The van der Waals surface area contributed by atoms with Crippen molar-refractivity contribution in [1.29, 1.82) is 0 Å². The third kappa shape index (κ3) is 7.47. The van der Waals surface area contributed by atoms with Gasteiger partial charge < -0.3 is 15.0 Å². The lowest BCUT2D eigenvalue weighted by Gasteiger charge is -2.26. The molecule has 8 heteroatoms. The van der Waals surface area contributed by atoms with Gasteiger partial charge in [0.15, 0.2) is 5.96 Å². The molecule has 0 aliphatic carbocycles. The molecule has 0 amide bonds. The zero-order valence-corrected chi connectivity index (χ0v) is 21.8. The first-order valence-corrected chi connectivity index (χ1v) is 10.8. The van der Waals surface area contributed by atoms with Crippen LogP contribution in [0.1, 0.15) is 42.1 Å². The minimum absolute atomic E-state index is 0. The van der Waals surface area contributed by atoms with Crippen molar-refractivity contribution in [3.05, 3.63) is 52.8 Å². The number of nitrogens with zero attached hydrogens (tertiary/aromatic N) is 5. The molecular weight excluding hydrogens is 503 g/mol. The second kappa shape index (κ2) is 12.4. The van der Waals surface area contributed by atoms with Gasteiger partial charge in [-0.3, -0.25) is 14.6 Å². The SMILES string of the molecule is CN=C(NCc1ccc(CN2CCOCC2)cc1)N(C)Cc1cn(C)nc1C(C)C.I. The maximum atomic E-state index is 5.43. The van der Waals surface area contributed by atoms with E-state index >= 15 is 0 Å². The molecule has 1 aromatic heterocycles. The third-order valence-corrected chi connectivity index (χ3v) is 5.45. The molecule has 2 heterocycles. The predicted octanol–water partition coefficient (Wildman–Crippen LogP) is 3.20. The standard InChI is InChI=1S/C23H36N6O.HI/c1-18(2)22-21(17-28(5)26-22)16-27(4)23(24-3)25-14-19-6-8-20(9-7-19)15-29-10-12-30-13-11-29;/h6-9,17-18H,10-16H2,1-5H3,(H,24,25);1H. The van der Waals surface area contributed by atoms with Gasteiger partial charge >= 0.3 is 0 Å². The number of benzene rings is 1. The molecule has 2 aromatic rings. The predicted molar refractivity (Wildman–Crippen MR) is 137 cm³/mol. The van der Waals surface area contributed by atoms with E-state index in [1.807, 2.05) is 18.8 Å². The Morgan fingerprint density at radius 2 is 1.84 bits per heavy atom. The second-order valence-corrected chi connectivity index (χ2v) is 8.33. The Balaban J connectivity index is 0.00000341. The summed E-state index contributed by atoms with van der Waals surface area (Å²) in [5, 5.41) is 8.10. The average molecular weight is 540 g/mol. The van der Waals surface area contributed by atoms with Crippen molar-refractivity contribution in [3.8, 4) is 0 Å². The zero-order chi connectivity index (χ0) is 21.5. The first-order valence-electron chi connectivity index (χ1n) is 10.8. The van der Waals surface area contributed by atoms with E-state index in [0.717, 1.165) is 57.6 Å². The molecule has 1 aromatic carbocycles. The van der Waals surface area contributed by atoms with Gasteiger partial charge in [-0.15, -0.1) is 24.0 Å². The van der Waals surface area contributed by atoms with E-state index in [4.69, 9.17) is 4.74 Å². The Labute approximate surface area is 203 Å². The summed E-state index contributed by atoms with van der Waals surface area (Å²) in [6.07, 6.45) is 2.10. The quantitative estimate of drug-likeness (QED) is 0.332. The molecule has 1 aliphatic rings. The number of aliphatic imine (C=N–C) groups is 1. The van der Waals surface area contributed by atoms with Crippen molar-refractivity contribution in [3.63, 3.8) is 0 Å². The Kier molecular flexibility index (Phi) is 10.2. The van der Waals surface area contributed by atoms with E-state index in [1.54, 1.807) is 0 Å². The molecule has 3 rings (SSSR count). The maximum Gasteiger partial charge on any atom is 0.193 e. The fraction of sp³-hybridized carbons (Fsp3) is 0.565. The number of hydrogen-bond donors (Lipinski definition) is 1. The average Bonchev–Trinajstić information content (AvgIpc) is 3.11. The molecule has 1 aliphatic heterocycles. The minimum atomic E-state index is 0. The minimum Gasteiger partial charge on any atom is -0.379 e. The van der Waals surface area contributed by atoms with Gasteiger partial charge in [0.25, 0.3) is 0 Å². The van der Waals surface area contributed by atoms with E-state index in [2.05, 4.69) is 76.6 Å². The van der Waals surface area contributed by atoms with E-state index in [0.29, 0.717) is 5.92 Å². The van der Waals surface area contributed by atoms with Crippen LogP contribution in [0.5, 0.6) is 0 Å². The van der Waals surface area contributed by atoms with E-state index in [-0.39, 0.29) is 24.0 Å². The van der Waals surface area contributed by atoms with Gasteiger partial charge in [0, 0.05) is 65.6 Å². The van der Waals surface area contributed by atoms with Crippen molar-refractivity contribution in [1.82, 2.24) is 24.9 Å². The molecule has 1 fully saturated rings. The summed E-state index contributed by atoms with van der Waals surface area (Å²) in [4.78, 5) is 9.05. The number of morpholine rings is 1. The molecule has 0 spiro atoms. The number of aromatic nitrogens is 2. The van der Waals surface area contributed by atoms with Crippen LogP contribution in [0.4, 0.5) is 0 Å². The van der Waals surface area contributed by atoms with Crippen LogP contribution >= 0.6 is 24.0 Å². The fourth-order valence-electron chi connectivity index (χ4n) is 3.84. The van der Waals surface area contributed by atoms with Gasteiger partial charge in [0.1, 0.15) is 0 Å². The highest BCUT2D eigenvalue weighted by Gasteiger charge is 2.15. The molecule has 172 valence electrons. The zero-order valence-electron chi connectivity index (χ0n) is 19.5. The molecule has 0 bridgehead atoms. The van der Waals surface area contributed by atoms with Crippen molar-refractivity contribution in [2.75, 3.05) is 40.4 Å². The number of hydrogen-bond acceptors (Lipinski definition) is 4. The van der Waals surface area contributed by atoms with E-state index in [9.17, 15) is 0 Å². The number of ether oxygens (including phenoxy) is 1. The van der Waals surface area contributed by atoms with Crippen LogP contribution in [0.15, 0.2) is 35.5 Å². The topological polar surface area (TPSA) is 57.9 Å². The van der Waals surface area contributed by atoms with Crippen LogP contribution in [0.25, 0.3) is 0 Å². The molecule has 0 radical (unpaired) electrons. The summed E-state index contributed by atoms with van der Waals surface area (Å²) in [6, 6.07) is 8.86. The van der Waals surface area contributed by atoms with Crippen LogP contribution in [-0.2, 0) is 31.4 Å². The second-order valence-electron chi connectivity index (χ2n) is 8.33. The summed E-state index contributed by atoms with van der Waals surface area (Å²) >= 11 is 0. The van der Waals surface area contributed by atoms with Crippen molar-refractivity contribution in [2.45, 2.75) is 39.4 Å². The Hall–Kier alpha value is -1.65. The lowest BCUT2D eigenvalue weighted by Crippen LogP contribution is -2.38. The molecule has 7 nitrogen and oxygen atoms in total. The van der Waals surface area contributed by atoms with Gasteiger partial charge in [-0.2, -0.15) is 5.10 Å². The highest BCUT2D eigenvalue weighted by atomic mass is 127.